The lowest BCUT2D eigenvalue weighted by Gasteiger charge is -2.20. The average molecular weight is 365 g/mol. The number of rotatable bonds is 4. The molecule has 0 radical (unpaired) electrons. The number of benzene rings is 2. The molecule has 1 saturated heterocycles. The minimum atomic E-state index is -0.501. The zero-order chi connectivity index (χ0) is 17.3. The van der Waals surface area contributed by atoms with E-state index in [9.17, 15) is 14.9 Å². The molecule has 0 amide bonds. The highest BCUT2D eigenvalue weighted by Gasteiger charge is 2.23. The highest BCUT2D eigenvalue weighted by atomic mass is 35.5. The van der Waals surface area contributed by atoms with Crippen molar-refractivity contribution in [2.45, 2.75) is 12.8 Å². The number of nitro groups is 1. The van der Waals surface area contributed by atoms with Crippen LogP contribution >= 0.6 is 23.2 Å². The van der Waals surface area contributed by atoms with Gasteiger partial charge in [-0.15, -0.1) is 0 Å². The number of halogens is 2. The van der Waals surface area contributed by atoms with E-state index in [1.54, 1.807) is 18.2 Å². The maximum absolute atomic E-state index is 12.9. The maximum Gasteiger partial charge on any atom is 0.270 e. The maximum atomic E-state index is 12.9. The molecule has 2 aromatic rings. The summed E-state index contributed by atoms with van der Waals surface area (Å²) in [6, 6.07) is 9.01. The molecule has 0 atom stereocenters. The zero-order valence-corrected chi connectivity index (χ0v) is 14.2. The molecule has 0 aromatic heterocycles. The number of nitrogens with zero attached hydrogens (tertiary/aromatic N) is 2. The number of nitro benzene ring substituents is 1. The number of hydrogen-bond donors (Lipinski definition) is 0. The van der Waals surface area contributed by atoms with Crippen molar-refractivity contribution < 1.29 is 9.72 Å². The largest absolute Gasteiger partial charge is 0.371 e. The third-order valence-electron chi connectivity index (χ3n) is 4.06. The Labute approximate surface area is 148 Å². The van der Waals surface area contributed by atoms with Crippen molar-refractivity contribution in [3.05, 3.63) is 67.7 Å². The Morgan fingerprint density at radius 1 is 1.04 bits per heavy atom. The first kappa shape index (κ1) is 16.7. The Hall–Kier alpha value is -2.11. The van der Waals surface area contributed by atoms with Gasteiger partial charge in [-0.3, -0.25) is 14.9 Å². The van der Waals surface area contributed by atoms with Crippen LogP contribution in [0.1, 0.15) is 28.8 Å². The van der Waals surface area contributed by atoms with Gasteiger partial charge in [-0.1, -0.05) is 23.2 Å². The van der Waals surface area contributed by atoms with Gasteiger partial charge in [-0.2, -0.15) is 0 Å². The first-order valence-corrected chi connectivity index (χ1v) is 8.26. The number of carbonyl (C=O) groups excluding carboxylic acids is 1. The molecule has 0 saturated carbocycles. The summed E-state index contributed by atoms with van der Waals surface area (Å²) in [5.74, 6) is -0.306. The summed E-state index contributed by atoms with van der Waals surface area (Å²) in [6.07, 6.45) is 2.08. The van der Waals surface area contributed by atoms with Crippen molar-refractivity contribution in [1.29, 1.82) is 0 Å². The number of ketones is 1. The topological polar surface area (TPSA) is 63.4 Å². The van der Waals surface area contributed by atoms with Crippen LogP contribution in [0.25, 0.3) is 0 Å². The second-order valence-electron chi connectivity index (χ2n) is 5.61. The Kier molecular flexibility index (Phi) is 4.73. The molecule has 1 fully saturated rings. The van der Waals surface area contributed by atoms with E-state index in [1.165, 1.54) is 18.2 Å². The van der Waals surface area contributed by atoms with E-state index < -0.39 is 4.92 Å². The summed E-state index contributed by atoms with van der Waals surface area (Å²) in [6.45, 7) is 1.67. The van der Waals surface area contributed by atoms with Crippen LogP contribution in [0.5, 0.6) is 0 Å². The van der Waals surface area contributed by atoms with Crippen LogP contribution in [0.15, 0.2) is 36.4 Å². The smallest absolute Gasteiger partial charge is 0.270 e. The van der Waals surface area contributed by atoms with E-state index in [1.807, 2.05) is 0 Å². The second kappa shape index (κ2) is 6.79. The molecule has 1 aliphatic heterocycles. The Bertz CT molecular complexity index is 817. The monoisotopic (exact) mass is 364 g/mol. The SMILES string of the molecule is O=C(c1ccc(Cl)c(Cl)c1)c1cc([N+](=O)[O-])ccc1N1CCCC1. The van der Waals surface area contributed by atoms with Gasteiger partial charge in [0.1, 0.15) is 0 Å². The van der Waals surface area contributed by atoms with E-state index in [0.29, 0.717) is 21.8 Å². The Balaban J connectivity index is 2.08. The van der Waals surface area contributed by atoms with E-state index >= 15 is 0 Å². The van der Waals surface area contributed by atoms with Crippen LogP contribution in [0, 0.1) is 10.1 Å². The predicted molar refractivity (Wildman–Crippen MR) is 94.4 cm³/mol. The molecule has 0 bridgehead atoms. The summed E-state index contributed by atoms with van der Waals surface area (Å²) < 4.78 is 0. The number of non-ortho nitro benzene ring substituents is 1. The van der Waals surface area contributed by atoms with Gasteiger partial charge in [0.2, 0.25) is 0 Å². The highest BCUT2D eigenvalue weighted by Crippen LogP contribution is 2.31. The van der Waals surface area contributed by atoms with Gasteiger partial charge in [0, 0.05) is 36.5 Å². The van der Waals surface area contributed by atoms with Crippen LogP contribution in [0.2, 0.25) is 10.0 Å². The average Bonchev–Trinajstić information content (AvgIpc) is 3.10. The molecular weight excluding hydrogens is 351 g/mol. The second-order valence-corrected chi connectivity index (χ2v) is 6.43. The van der Waals surface area contributed by atoms with E-state index in [-0.39, 0.29) is 16.5 Å². The van der Waals surface area contributed by atoms with Gasteiger partial charge in [-0.05, 0) is 37.1 Å². The van der Waals surface area contributed by atoms with Gasteiger partial charge in [0.05, 0.1) is 20.5 Å². The van der Waals surface area contributed by atoms with E-state index in [4.69, 9.17) is 23.2 Å². The third-order valence-corrected chi connectivity index (χ3v) is 4.80. The van der Waals surface area contributed by atoms with Crippen LogP contribution < -0.4 is 4.90 Å². The van der Waals surface area contributed by atoms with Crippen LogP contribution in [0.4, 0.5) is 11.4 Å². The highest BCUT2D eigenvalue weighted by molar-refractivity contribution is 6.42. The van der Waals surface area contributed by atoms with Gasteiger partial charge in [0.15, 0.2) is 5.78 Å². The molecule has 0 aliphatic carbocycles. The van der Waals surface area contributed by atoms with Gasteiger partial charge < -0.3 is 4.90 Å². The first-order chi connectivity index (χ1) is 11.5. The quantitative estimate of drug-likeness (QED) is 0.446. The molecule has 3 rings (SSSR count). The summed E-state index contributed by atoms with van der Waals surface area (Å²) in [4.78, 5) is 25.6. The minimum Gasteiger partial charge on any atom is -0.371 e. The molecule has 0 N–H and O–H groups in total. The standard InChI is InChI=1S/C17H14Cl2N2O3/c18-14-5-3-11(9-15(14)19)17(22)13-10-12(21(23)24)4-6-16(13)20-7-1-2-8-20/h3-6,9-10H,1-2,7-8H2. The van der Waals surface area contributed by atoms with Crippen molar-refractivity contribution in [3.8, 4) is 0 Å². The lowest BCUT2D eigenvalue weighted by molar-refractivity contribution is -0.384. The molecular formula is C17H14Cl2N2O3. The summed E-state index contributed by atoms with van der Waals surface area (Å²) in [5, 5.41) is 11.7. The molecule has 124 valence electrons. The summed E-state index contributed by atoms with van der Waals surface area (Å²) >= 11 is 11.9. The molecule has 1 aliphatic rings. The fourth-order valence-corrected chi connectivity index (χ4v) is 3.14. The van der Waals surface area contributed by atoms with Crippen molar-refractivity contribution >= 4 is 40.4 Å². The molecule has 7 heteroatoms. The fraction of sp³-hybridized carbons (Fsp3) is 0.235. The molecule has 0 spiro atoms. The number of hydrogen-bond acceptors (Lipinski definition) is 4. The molecule has 2 aromatic carbocycles. The Morgan fingerprint density at radius 2 is 1.75 bits per heavy atom. The first-order valence-electron chi connectivity index (χ1n) is 7.50. The van der Waals surface area contributed by atoms with Gasteiger partial charge in [-0.25, -0.2) is 0 Å². The fourth-order valence-electron chi connectivity index (χ4n) is 2.85. The lowest BCUT2D eigenvalue weighted by Crippen LogP contribution is -2.21. The Morgan fingerprint density at radius 3 is 2.38 bits per heavy atom. The zero-order valence-electron chi connectivity index (χ0n) is 12.7. The van der Waals surface area contributed by atoms with Gasteiger partial charge >= 0.3 is 0 Å². The summed E-state index contributed by atoms with van der Waals surface area (Å²) in [5.41, 5.74) is 1.27. The van der Waals surface area contributed by atoms with Crippen LogP contribution in [0.3, 0.4) is 0 Å². The van der Waals surface area contributed by atoms with Crippen molar-refractivity contribution in [2.75, 3.05) is 18.0 Å². The van der Waals surface area contributed by atoms with Crippen molar-refractivity contribution in [2.24, 2.45) is 0 Å². The lowest BCUT2D eigenvalue weighted by atomic mass is 10.0. The van der Waals surface area contributed by atoms with Crippen LogP contribution in [-0.4, -0.2) is 23.8 Å². The molecule has 24 heavy (non-hydrogen) atoms. The van der Waals surface area contributed by atoms with Gasteiger partial charge in [0.25, 0.3) is 5.69 Å². The molecule has 0 unspecified atom stereocenters. The van der Waals surface area contributed by atoms with E-state index in [2.05, 4.69) is 4.90 Å². The van der Waals surface area contributed by atoms with Crippen molar-refractivity contribution in [1.82, 2.24) is 0 Å². The molecule has 5 nitrogen and oxygen atoms in total. The number of carbonyl (C=O) groups is 1. The third kappa shape index (κ3) is 3.23. The van der Waals surface area contributed by atoms with Crippen molar-refractivity contribution in [3.63, 3.8) is 0 Å². The molecule has 1 heterocycles. The normalized spacial score (nSPS) is 14.0. The van der Waals surface area contributed by atoms with Crippen LogP contribution in [-0.2, 0) is 0 Å². The summed E-state index contributed by atoms with van der Waals surface area (Å²) in [7, 11) is 0. The van der Waals surface area contributed by atoms with E-state index in [0.717, 1.165) is 25.9 Å². The number of anilines is 1. The predicted octanol–water partition coefficient (Wildman–Crippen LogP) is 4.73. The minimum absolute atomic E-state index is 0.110.